The Bertz CT molecular complexity index is 1060. The van der Waals surface area contributed by atoms with Gasteiger partial charge in [-0.1, -0.05) is 37.0 Å². The van der Waals surface area contributed by atoms with Crippen LogP contribution >= 0.6 is 0 Å². The summed E-state index contributed by atoms with van der Waals surface area (Å²) in [5.74, 6) is -0.346. The van der Waals surface area contributed by atoms with Crippen LogP contribution in [0.15, 0.2) is 42.5 Å². The Hall–Kier alpha value is -3.35. The smallest absolute Gasteiger partial charge is 0.271 e. The number of amides is 3. The fourth-order valence-electron chi connectivity index (χ4n) is 4.37. The Morgan fingerprint density at radius 3 is 2.45 bits per heavy atom. The van der Waals surface area contributed by atoms with Crippen LogP contribution in [-0.2, 0) is 9.59 Å². The third kappa shape index (κ3) is 5.18. The van der Waals surface area contributed by atoms with Gasteiger partial charge >= 0.3 is 0 Å². The van der Waals surface area contributed by atoms with Crippen molar-refractivity contribution in [3.8, 4) is 5.75 Å². The molecule has 3 amide bonds. The van der Waals surface area contributed by atoms with E-state index < -0.39 is 5.60 Å². The molecule has 0 spiro atoms. The van der Waals surface area contributed by atoms with E-state index in [0.717, 1.165) is 31.2 Å². The van der Waals surface area contributed by atoms with Crippen molar-refractivity contribution in [3.05, 3.63) is 53.6 Å². The lowest BCUT2D eigenvalue weighted by Gasteiger charge is -2.38. The second-order valence-corrected chi connectivity index (χ2v) is 9.41. The maximum Gasteiger partial charge on any atom is 0.271 e. The first-order valence-corrected chi connectivity index (χ1v) is 11.6. The monoisotopic (exact) mass is 449 g/mol. The predicted molar refractivity (Wildman–Crippen MR) is 128 cm³/mol. The Morgan fingerprint density at radius 2 is 1.76 bits per heavy atom. The lowest BCUT2D eigenvalue weighted by atomic mass is 9.95. The number of benzene rings is 2. The van der Waals surface area contributed by atoms with Gasteiger partial charge in [-0.15, -0.1) is 0 Å². The third-order valence-electron chi connectivity index (χ3n) is 6.22. The van der Waals surface area contributed by atoms with Crippen molar-refractivity contribution in [1.29, 1.82) is 0 Å². The van der Waals surface area contributed by atoms with Crippen molar-refractivity contribution in [3.63, 3.8) is 0 Å². The number of hydrogen-bond acceptors (Lipinski definition) is 4. The standard InChI is InChI=1S/C26H31N3O4/c1-17-9-12-20(13-10-17)28-24(31)18-11-14-22-21(15-18)29(25(32)26(2,3)33-22)16-23(30)27-19-7-5-4-6-8-19/h9-15,19H,4-8,16H2,1-3H3,(H,27,30)(H,28,31). The first-order valence-electron chi connectivity index (χ1n) is 11.6. The molecule has 0 atom stereocenters. The summed E-state index contributed by atoms with van der Waals surface area (Å²) in [6.07, 6.45) is 5.35. The van der Waals surface area contributed by atoms with Gasteiger partial charge in [-0.25, -0.2) is 0 Å². The summed E-state index contributed by atoms with van der Waals surface area (Å²) in [6.45, 7) is 5.23. The van der Waals surface area contributed by atoms with Crippen LogP contribution in [-0.4, -0.2) is 35.9 Å². The molecule has 1 heterocycles. The van der Waals surface area contributed by atoms with Gasteiger partial charge in [0.2, 0.25) is 5.91 Å². The highest BCUT2D eigenvalue weighted by molar-refractivity contribution is 6.09. The molecule has 7 nitrogen and oxygen atoms in total. The summed E-state index contributed by atoms with van der Waals surface area (Å²) in [4.78, 5) is 40.3. The number of aryl methyl sites for hydroxylation is 1. The maximum absolute atomic E-state index is 13.2. The highest BCUT2D eigenvalue weighted by atomic mass is 16.5. The van der Waals surface area contributed by atoms with Crippen molar-refractivity contribution < 1.29 is 19.1 Å². The van der Waals surface area contributed by atoms with E-state index in [1.807, 2.05) is 31.2 Å². The molecule has 7 heteroatoms. The van der Waals surface area contributed by atoms with Crippen LogP contribution < -0.4 is 20.3 Å². The van der Waals surface area contributed by atoms with Crippen LogP contribution in [0, 0.1) is 6.92 Å². The second kappa shape index (κ2) is 9.25. The Labute approximate surface area is 194 Å². The van der Waals surface area contributed by atoms with Gasteiger partial charge in [0.05, 0.1) is 5.69 Å². The van der Waals surface area contributed by atoms with E-state index in [0.29, 0.717) is 22.7 Å². The SMILES string of the molecule is Cc1ccc(NC(=O)c2ccc3c(c2)N(CC(=O)NC2CCCCC2)C(=O)C(C)(C)O3)cc1. The van der Waals surface area contributed by atoms with Crippen LogP contribution in [0.5, 0.6) is 5.75 Å². The van der Waals surface area contributed by atoms with E-state index >= 15 is 0 Å². The van der Waals surface area contributed by atoms with E-state index in [-0.39, 0.29) is 30.3 Å². The molecule has 1 saturated carbocycles. The van der Waals surface area contributed by atoms with Crippen LogP contribution in [0.3, 0.4) is 0 Å². The molecule has 33 heavy (non-hydrogen) atoms. The minimum atomic E-state index is -1.11. The van der Waals surface area contributed by atoms with E-state index in [4.69, 9.17) is 4.74 Å². The highest BCUT2D eigenvalue weighted by Gasteiger charge is 2.42. The zero-order valence-electron chi connectivity index (χ0n) is 19.4. The first kappa shape index (κ1) is 22.8. The summed E-state index contributed by atoms with van der Waals surface area (Å²) >= 11 is 0. The molecule has 2 N–H and O–H groups in total. The number of carbonyl (C=O) groups excluding carboxylic acids is 3. The molecule has 4 rings (SSSR count). The number of fused-ring (bicyclic) bond motifs is 1. The molecule has 174 valence electrons. The molecule has 0 saturated heterocycles. The third-order valence-corrected chi connectivity index (χ3v) is 6.22. The zero-order chi connectivity index (χ0) is 23.6. The number of nitrogens with zero attached hydrogens (tertiary/aromatic N) is 1. The molecule has 0 bridgehead atoms. The number of carbonyl (C=O) groups is 3. The summed E-state index contributed by atoms with van der Waals surface area (Å²) in [7, 11) is 0. The van der Waals surface area contributed by atoms with Crippen molar-refractivity contribution in [1.82, 2.24) is 5.32 Å². The van der Waals surface area contributed by atoms with E-state index in [2.05, 4.69) is 10.6 Å². The summed E-state index contributed by atoms with van der Waals surface area (Å²) in [6, 6.07) is 12.6. The van der Waals surface area contributed by atoms with Gasteiger partial charge in [0.15, 0.2) is 5.60 Å². The lowest BCUT2D eigenvalue weighted by molar-refractivity contribution is -0.134. The van der Waals surface area contributed by atoms with E-state index in [1.54, 1.807) is 32.0 Å². The summed E-state index contributed by atoms with van der Waals surface area (Å²) < 4.78 is 5.90. The average molecular weight is 450 g/mol. The largest absolute Gasteiger partial charge is 0.476 e. The number of ether oxygens (including phenoxy) is 1. The fraction of sp³-hybridized carbons (Fsp3) is 0.423. The van der Waals surface area contributed by atoms with Gasteiger partial charge in [0, 0.05) is 17.3 Å². The van der Waals surface area contributed by atoms with Crippen LogP contribution in [0.1, 0.15) is 61.9 Å². The normalized spacial score (nSPS) is 17.7. The molecular weight excluding hydrogens is 418 g/mol. The molecule has 0 unspecified atom stereocenters. The minimum absolute atomic E-state index is 0.113. The minimum Gasteiger partial charge on any atom is -0.476 e. The number of nitrogens with one attached hydrogen (secondary N) is 2. The van der Waals surface area contributed by atoms with E-state index in [9.17, 15) is 14.4 Å². The molecule has 2 aliphatic rings. The number of rotatable bonds is 5. The van der Waals surface area contributed by atoms with Gasteiger partial charge in [-0.05, 0) is 63.9 Å². The molecule has 1 fully saturated rings. The van der Waals surface area contributed by atoms with Crippen LogP contribution in [0.2, 0.25) is 0 Å². The predicted octanol–water partition coefficient (Wildman–Crippen LogP) is 4.20. The molecule has 1 aliphatic heterocycles. The second-order valence-electron chi connectivity index (χ2n) is 9.41. The van der Waals surface area contributed by atoms with Gasteiger partial charge in [0.1, 0.15) is 12.3 Å². The molecule has 0 aromatic heterocycles. The Balaban J connectivity index is 1.56. The van der Waals surface area contributed by atoms with Gasteiger partial charge in [-0.2, -0.15) is 0 Å². The number of hydrogen-bond donors (Lipinski definition) is 2. The average Bonchev–Trinajstić information content (AvgIpc) is 2.78. The fourth-order valence-corrected chi connectivity index (χ4v) is 4.37. The molecule has 2 aromatic carbocycles. The first-order chi connectivity index (χ1) is 15.7. The molecule has 2 aromatic rings. The lowest BCUT2D eigenvalue weighted by Crippen LogP contribution is -2.55. The van der Waals surface area contributed by atoms with Crippen LogP contribution in [0.25, 0.3) is 0 Å². The molecule has 1 aliphatic carbocycles. The Morgan fingerprint density at radius 1 is 1.06 bits per heavy atom. The maximum atomic E-state index is 13.2. The zero-order valence-corrected chi connectivity index (χ0v) is 19.4. The van der Waals surface area contributed by atoms with Gasteiger partial charge < -0.3 is 15.4 Å². The van der Waals surface area contributed by atoms with Gasteiger partial charge in [-0.3, -0.25) is 19.3 Å². The van der Waals surface area contributed by atoms with Crippen molar-refractivity contribution >= 4 is 29.1 Å². The molecule has 0 radical (unpaired) electrons. The summed E-state index contributed by atoms with van der Waals surface area (Å²) in [5.41, 5.74) is 1.48. The Kier molecular flexibility index (Phi) is 6.40. The molecular formula is C26H31N3O4. The van der Waals surface area contributed by atoms with Crippen molar-refractivity contribution in [2.45, 2.75) is 64.5 Å². The van der Waals surface area contributed by atoms with Crippen molar-refractivity contribution in [2.24, 2.45) is 0 Å². The quantitative estimate of drug-likeness (QED) is 0.716. The topological polar surface area (TPSA) is 87.7 Å². The van der Waals surface area contributed by atoms with Gasteiger partial charge in [0.25, 0.3) is 11.8 Å². The van der Waals surface area contributed by atoms with Crippen molar-refractivity contribution in [2.75, 3.05) is 16.8 Å². The summed E-state index contributed by atoms with van der Waals surface area (Å²) in [5, 5.41) is 5.93. The number of anilines is 2. The highest BCUT2D eigenvalue weighted by Crippen LogP contribution is 2.38. The van der Waals surface area contributed by atoms with E-state index in [1.165, 1.54) is 11.3 Å². The van der Waals surface area contributed by atoms with Crippen LogP contribution in [0.4, 0.5) is 11.4 Å².